The molecule has 0 spiro atoms. The van der Waals surface area contributed by atoms with Gasteiger partial charge in [0, 0.05) is 5.56 Å². The molecule has 0 bridgehead atoms. The number of hydrogen-bond acceptors (Lipinski definition) is 4. The van der Waals surface area contributed by atoms with Gasteiger partial charge in [-0.3, -0.25) is 4.79 Å². The van der Waals surface area contributed by atoms with E-state index >= 15 is 0 Å². The number of ether oxygens (including phenoxy) is 3. The van der Waals surface area contributed by atoms with Crippen LogP contribution in [0.25, 0.3) is 12.2 Å². The standard InChI is InChI=1S/C19H20O4/c1-13(20)16-9-15(10-17(12-16)21-2)6-5-14-7-8-18(22-3)19(11-14)23-4/h5-12H,1-4H3/b6-5+. The number of rotatable bonds is 6. The van der Waals surface area contributed by atoms with Crippen molar-refractivity contribution >= 4 is 17.9 Å². The average Bonchev–Trinajstić information content (AvgIpc) is 2.59. The molecule has 4 nitrogen and oxygen atoms in total. The highest BCUT2D eigenvalue weighted by Crippen LogP contribution is 2.28. The summed E-state index contributed by atoms with van der Waals surface area (Å²) < 4.78 is 15.8. The van der Waals surface area contributed by atoms with Crippen LogP contribution in [-0.4, -0.2) is 27.1 Å². The SMILES string of the molecule is COc1cc(/C=C/c2ccc(OC)c(OC)c2)cc(C(C)=O)c1. The van der Waals surface area contributed by atoms with Crippen LogP contribution in [0.5, 0.6) is 17.2 Å². The Hall–Kier alpha value is -2.75. The maximum absolute atomic E-state index is 11.6. The third-order valence-corrected chi connectivity index (χ3v) is 3.45. The number of carbonyl (C=O) groups excluding carboxylic acids is 1. The molecule has 0 saturated carbocycles. The average molecular weight is 312 g/mol. The minimum absolute atomic E-state index is 0.00432. The lowest BCUT2D eigenvalue weighted by molar-refractivity contribution is 0.101. The van der Waals surface area contributed by atoms with Gasteiger partial charge in [-0.2, -0.15) is 0 Å². The Kier molecular flexibility index (Phi) is 5.41. The van der Waals surface area contributed by atoms with Crippen LogP contribution in [0.4, 0.5) is 0 Å². The Morgan fingerprint density at radius 2 is 1.52 bits per heavy atom. The summed E-state index contributed by atoms with van der Waals surface area (Å²) in [4.78, 5) is 11.6. The normalized spacial score (nSPS) is 10.6. The topological polar surface area (TPSA) is 44.8 Å². The van der Waals surface area contributed by atoms with Crippen LogP contribution in [-0.2, 0) is 0 Å². The molecular formula is C19H20O4. The van der Waals surface area contributed by atoms with Crippen LogP contribution in [0.3, 0.4) is 0 Å². The molecule has 0 unspecified atom stereocenters. The first kappa shape index (κ1) is 16.6. The molecular weight excluding hydrogens is 292 g/mol. The van der Waals surface area contributed by atoms with Gasteiger partial charge in [0.2, 0.25) is 0 Å². The van der Waals surface area contributed by atoms with Crippen molar-refractivity contribution in [2.75, 3.05) is 21.3 Å². The van der Waals surface area contributed by atoms with Gasteiger partial charge in [-0.1, -0.05) is 18.2 Å². The van der Waals surface area contributed by atoms with Gasteiger partial charge in [0.1, 0.15) is 5.75 Å². The molecule has 2 rings (SSSR count). The maximum Gasteiger partial charge on any atom is 0.161 e. The first-order valence-corrected chi connectivity index (χ1v) is 7.17. The zero-order valence-electron chi connectivity index (χ0n) is 13.8. The van der Waals surface area contributed by atoms with Crippen molar-refractivity contribution in [2.24, 2.45) is 0 Å². The van der Waals surface area contributed by atoms with Crippen LogP contribution >= 0.6 is 0 Å². The minimum Gasteiger partial charge on any atom is -0.497 e. The van der Waals surface area contributed by atoms with Crippen LogP contribution in [0.15, 0.2) is 36.4 Å². The zero-order chi connectivity index (χ0) is 16.8. The fourth-order valence-corrected chi connectivity index (χ4v) is 2.19. The Balaban J connectivity index is 2.32. The molecule has 0 atom stereocenters. The van der Waals surface area contributed by atoms with Crippen LogP contribution in [0.1, 0.15) is 28.4 Å². The number of ketones is 1. The molecule has 4 heteroatoms. The lowest BCUT2D eigenvalue weighted by Gasteiger charge is -2.08. The number of carbonyl (C=O) groups is 1. The lowest BCUT2D eigenvalue weighted by atomic mass is 10.1. The number of Topliss-reactive ketones (excluding diaryl/α,β-unsaturated/α-hetero) is 1. The lowest BCUT2D eigenvalue weighted by Crippen LogP contribution is -1.94. The number of methoxy groups -OCH3 is 3. The van der Waals surface area contributed by atoms with Gasteiger partial charge in [0.05, 0.1) is 21.3 Å². The molecule has 0 N–H and O–H groups in total. The second-order valence-electron chi connectivity index (χ2n) is 5.00. The van der Waals surface area contributed by atoms with Gasteiger partial charge in [-0.25, -0.2) is 0 Å². The van der Waals surface area contributed by atoms with E-state index in [2.05, 4.69) is 0 Å². The van der Waals surface area contributed by atoms with Gasteiger partial charge in [-0.05, 0) is 48.4 Å². The van der Waals surface area contributed by atoms with Gasteiger partial charge >= 0.3 is 0 Å². The molecule has 0 saturated heterocycles. The molecule has 2 aromatic rings. The van der Waals surface area contributed by atoms with Crippen molar-refractivity contribution in [1.82, 2.24) is 0 Å². The third kappa shape index (κ3) is 4.13. The van der Waals surface area contributed by atoms with Crippen molar-refractivity contribution in [3.8, 4) is 17.2 Å². The fourth-order valence-electron chi connectivity index (χ4n) is 2.19. The first-order chi connectivity index (χ1) is 11.1. The van der Waals surface area contributed by atoms with E-state index in [1.54, 1.807) is 27.4 Å². The number of benzene rings is 2. The summed E-state index contributed by atoms with van der Waals surface area (Å²) in [5, 5.41) is 0. The maximum atomic E-state index is 11.6. The smallest absolute Gasteiger partial charge is 0.161 e. The predicted molar refractivity (Wildman–Crippen MR) is 91.5 cm³/mol. The van der Waals surface area contributed by atoms with E-state index < -0.39 is 0 Å². The Labute approximate surface area is 136 Å². The van der Waals surface area contributed by atoms with E-state index in [4.69, 9.17) is 14.2 Å². The molecule has 0 amide bonds. The summed E-state index contributed by atoms with van der Waals surface area (Å²) in [6, 6.07) is 11.1. The Bertz CT molecular complexity index is 732. The van der Waals surface area contributed by atoms with E-state index in [1.165, 1.54) is 6.92 Å². The van der Waals surface area contributed by atoms with Gasteiger partial charge in [0.15, 0.2) is 17.3 Å². The summed E-state index contributed by atoms with van der Waals surface area (Å²) in [6.45, 7) is 1.54. The van der Waals surface area contributed by atoms with E-state index in [-0.39, 0.29) is 5.78 Å². The molecule has 0 aliphatic rings. The van der Waals surface area contributed by atoms with Crippen LogP contribution in [0.2, 0.25) is 0 Å². The highest BCUT2D eigenvalue weighted by atomic mass is 16.5. The summed E-state index contributed by atoms with van der Waals surface area (Å²) in [6.07, 6.45) is 3.87. The largest absolute Gasteiger partial charge is 0.497 e. The van der Waals surface area contributed by atoms with E-state index in [0.717, 1.165) is 11.1 Å². The van der Waals surface area contributed by atoms with E-state index in [9.17, 15) is 4.79 Å². The molecule has 23 heavy (non-hydrogen) atoms. The molecule has 0 radical (unpaired) electrons. The third-order valence-electron chi connectivity index (χ3n) is 3.45. The molecule has 2 aromatic carbocycles. The van der Waals surface area contributed by atoms with Crippen molar-refractivity contribution in [3.63, 3.8) is 0 Å². The molecule has 0 fully saturated rings. The fraction of sp³-hybridized carbons (Fsp3) is 0.211. The Morgan fingerprint density at radius 1 is 0.826 bits per heavy atom. The van der Waals surface area contributed by atoms with Crippen molar-refractivity contribution < 1.29 is 19.0 Å². The molecule has 0 aliphatic heterocycles. The molecule has 120 valence electrons. The highest BCUT2D eigenvalue weighted by molar-refractivity contribution is 5.95. The predicted octanol–water partition coefficient (Wildman–Crippen LogP) is 4.09. The second-order valence-corrected chi connectivity index (χ2v) is 5.00. The Morgan fingerprint density at radius 3 is 2.13 bits per heavy atom. The molecule has 0 aliphatic carbocycles. The van der Waals surface area contributed by atoms with Gasteiger partial charge in [0.25, 0.3) is 0 Å². The summed E-state index contributed by atoms with van der Waals surface area (Å²) in [5.74, 6) is 2.02. The van der Waals surface area contributed by atoms with Crippen LogP contribution < -0.4 is 14.2 Å². The molecule has 0 aromatic heterocycles. The highest BCUT2D eigenvalue weighted by Gasteiger charge is 2.05. The van der Waals surface area contributed by atoms with Gasteiger partial charge in [-0.15, -0.1) is 0 Å². The van der Waals surface area contributed by atoms with E-state index in [1.807, 2.05) is 42.5 Å². The summed E-state index contributed by atoms with van der Waals surface area (Å²) in [5.41, 5.74) is 2.48. The van der Waals surface area contributed by atoms with E-state index in [0.29, 0.717) is 22.8 Å². The summed E-state index contributed by atoms with van der Waals surface area (Å²) >= 11 is 0. The van der Waals surface area contributed by atoms with Crippen LogP contribution in [0, 0.1) is 0 Å². The quantitative estimate of drug-likeness (QED) is 0.595. The van der Waals surface area contributed by atoms with Crippen molar-refractivity contribution in [3.05, 3.63) is 53.1 Å². The number of hydrogen-bond donors (Lipinski definition) is 0. The van der Waals surface area contributed by atoms with Crippen molar-refractivity contribution in [1.29, 1.82) is 0 Å². The monoisotopic (exact) mass is 312 g/mol. The summed E-state index contributed by atoms with van der Waals surface area (Å²) in [7, 11) is 4.79. The molecule has 0 heterocycles. The van der Waals surface area contributed by atoms with Gasteiger partial charge < -0.3 is 14.2 Å². The van der Waals surface area contributed by atoms with Crippen molar-refractivity contribution in [2.45, 2.75) is 6.92 Å². The minimum atomic E-state index is 0.00432. The first-order valence-electron chi connectivity index (χ1n) is 7.17. The zero-order valence-corrected chi connectivity index (χ0v) is 13.8. The second kappa shape index (κ2) is 7.49.